The average Bonchev–Trinajstić information content (AvgIpc) is 3.46. The topological polar surface area (TPSA) is 159 Å². The maximum atomic E-state index is 12.1. The zero-order valence-corrected chi connectivity index (χ0v) is 26.1. The molecule has 0 aliphatic heterocycles. The second-order valence-corrected chi connectivity index (χ2v) is 13.9. The van der Waals surface area contributed by atoms with Crippen LogP contribution in [0.5, 0.6) is 0 Å². The van der Waals surface area contributed by atoms with Gasteiger partial charge in [-0.2, -0.15) is 16.8 Å². The van der Waals surface area contributed by atoms with Crippen LogP contribution in [-0.2, 0) is 38.2 Å². The van der Waals surface area contributed by atoms with E-state index in [2.05, 4.69) is 16.9 Å². The number of halogens is 1. The second-order valence-electron chi connectivity index (χ2n) is 10.2. The van der Waals surface area contributed by atoms with Crippen molar-refractivity contribution in [3.63, 3.8) is 0 Å². The number of aryl methyl sites for hydroxylation is 2. The van der Waals surface area contributed by atoms with Gasteiger partial charge in [-0.05, 0) is 88.2 Å². The SMILES string of the molecule is CC(=O)Cl.CC(=O)NC1CCC(OS(=O)(=O)c2ccc(C)cc2)C1.Cc1ccc(S(=O)(=O)OC2CCC(N)C2)cc1. The Morgan fingerprint density at radius 1 is 0.756 bits per heavy atom. The summed E-state index contributed by atoms with van der Waals surface area (Å²) in [6.45, 7) is 6.55. The Morgan fingerprint density at radius 2 is 1.15 bits per heavy atom. The summed E-state index contributed by atoms with van der Waals surface area (Å²) >= 11 is 4.64. The Balaban J connectivity index is 0.000000256. The minimum atomic E-state index is -3.73. The van der Waals surface area contributed by atoms with Crippen molar-refractivity contribution in [2.75, 3.05) is 0 Å². The fourth-order valence-corrected chi connectivity index (χ4v) is 6.61. The molecule has 0 heterocycles. The smallest absolute Gasteiger partial charge is 0.297 e. The first-order valence-electron chi connectivity index (χ1n) is 13.3. The molecule has 2 fully saturated rings. The lowest BCUT2D eigenvalue weighted by atomic mass is 10.2. The summed E-state index contributed by atoms with van der Waals surface area (Å²) < 4.78 is 58.6. The maximum Gasteiger partial charge on any atom is 0.297 e. The first-order valence-corrected chi connectivity index (χ1v) is 16.5. The highest BCUT2D eigenvalue weighted by Crippen LogP contribution is 2.27. The molecule has 3 N–H and O–H groups in total. The van der Waals surface area contributed by atoms with E-state index in [1.165, 1.54) is 13.8 Å². The van der Waals surface area contributed by atoms with Crippen molar-refractivity contribution in [3.05, 3.63) is 59.7 Å². The van der Waals surface area contributed by atoms with E-state index in [0.717, 1.165) is 24.0 Å². The van der Waals surface area contributed by atoms with Crippen LogP contribution in [-0.4, -0.2) is 52.3 Å². The minimum Gasteiger partial charge on any atom is -0.354 e. The van der Waals surface area contributed by atoms with Gasteiger partial charge in [0.15, 0.2) is 0 Å². The number of carbonyl (C=O) groups excluding carboxylic acids is 2. The van der Waals surface area contributed by atoms with Crippen LogP contribution >= 0.6 is 11.6 Å². The molecular weight excluding hydrogens is 592 g/mol. The standard InChI is InChI=1S/C14H19NO4S.C12H17NO3S.C2H3ClO/c1-10-3-7-14(8-4-10)20(17,18)19-13-6-5-12(9-13)15-11(2)16;1-9-2-6-12(7-3-9)17(14,15)16-11-5-4-10(13)8-11;1-2(3)4/h3-4,7-8,12-13H,5-6,9H2,1-2H3,(H,15,16);2-3,6-7,10-11H,4-5,8,13H2,1H3;1H3. The fraction of sp³-hybridized carbons (Fsp3) is 0.500. The van der Waals surface area contributed by atoms with Gasteiger partial charge in [0.25, 0.3) is 20.2 Å². The summed E-state index contributed by atoms with van der Waals surface area (Å²) in [7, 11) is -7.36. The first kappa shape index (κ1) is 34.8. The van der Waals surface area contributed by atoms with Gasteiger partial charge >= 0.3 is 0 Å². The van der Waals surface area contributed by atoms with Crippen LogP contribution in [0.1, 0.15) is 63.5 Å². The first-order chi connectivity index (χ1) is 19.1. The van der Waals surface area contributed by atoms with Crippen LogP contribution in [0.25, 0.3) is 0 Å². The Kier molecular flexibility index (Phi) is 13.4. The molecule has 0 bridgehead atoms. The van der Waals surface area contributed by atoms with Crippen LogP contribution in [0.4, 0.5) is 0 Å². The van der Waals surface area contributed by atoms with Crippen molar-refractivity contribution in [2.24, 2.45) is 5.73 Å². The van der Waals surface area contributed by atoms with Gasteiger partial charge in [-0.3, -0.25) is 18.0 Å². The van der Waals surface area contributed by atoms with Crippen molar-refractivity contribution in [1.82, 2.24) is 5.32 Å². The van der Waals surface area contributed by atoms with E-state index >= 15 is 0 Å². The summed E-state index contributed by atoms with van der Waals surface area (Å²) in [5.41, 5.74) is 7.74. The summed E-state index contributed by atoms with van der Waals surface area (Å²) in [5.74, 6) is -0.1000. The predicted molar refractivity (Wildman–Crippen MR) is 156 cm³/mol. The molecule has 228 valence electrons. The highest BCUT2D eigenvalue weighted by atomic mass is 35.5. The quantitative estimate of drug-likeness (QED) is 0.339. The molecule has 41 heavy (non-hydrogen) atoms. The molecule has 2 saturated carbocycles. The summed E-state index contributed by atoms with van der Waals surface area (Å²) in [6.07, 6.45) is 3.44. The summed E-state index contributed by atoms with van der Waals surface area (Å²) in [6, 6.07) is 13.3. The van der Waals surface area contributed by atoms with E-state index in [0.29, 0.717) is 25.7 Å². The molecule has 13 heteroatoms. The lowest BCUT2D eigenvalue weighted by Crippen LogP contribution is -2.31. The van der Waals surface area contributed by atoms with Crippen molar-refractivity contribution >= 4 is 43.0 Å². The molecule has 4 unspecified atom stereocenters. The lowest BCUT2D eigenvalue weighted by molar-refractivity contribution is -0.119. The zero-order chi connectivity index (χ0) is 30.8. The Labute approximate surface area is 248 Å². The number of amides is 1. The molecule has 0 saturated heterocycles. The highest BCUT2D eigenvalue weighted by Gasteiger charge is 2.31. The van der Waals surface area contributed by atoms with Gasteiger partial charge < -0.3 is 11.1 Å². The normalized spacial score (nSPS) is 22.1. The molecule has 1 amide bonds. The molecule has 2 aromatic carbocycles. The monoisotopic (exact) mass is 630 g/mol. The van der Waals surface area contributed by atoms with Gasteiger partial charge in [0.1, 0.15) is 0 Å². The van der Waals surface area contributed by atoms with E-state index < -0.39 is 20.2 Å². The molecule has 0 radical (unpaired) electrons. The molecule has 10 nitrogen and oxygen atoms in total. The zero-order valence-electron chi connectivity index (χ0n) is 23.7. The van der Waals surface area contributed by atoms with Crippen molar-refractivity contribution in [3.8, 4) is 0 Å². The van der Waals surface area contributed by atoms with Gasteiger partial charge in [0.2, 0.25) is 11.1 Å². The molecule has 4 atom stereocenters. The van der Waals surface area contributed by atoms with Gasteiger partial charge in [-0.15, -0.1) is 0 Å². The van der Waals surface area contributed by atoms with Crippen molar-refractivity contribution in [2.45, 2.75) is 100 Å². The second kappa shape index (κ2) is 15.8. The predicted octanol–water partition coefficient (Wildman–Crippen LogP) is 4.11. The van der Waals surface area contributed by atoms with Gasteiger partial charge in [0.05, 0.1) is 22.0 Å². The third-order valence-electron chi connectivity index (χ3n) is 6.36. The largest absolute Gasteiger partial charge is 0.354 e. The number of benzene rings is 2. The summed E-state index contributed by atoms with van der Waals surface area (Å²) in [5, 5.41) is 2.43. The number of carbonyl (C=O) groups is 2. The Hall–Kier alpha value is -2.35. The maximum absolute atomic E-state index is 12.1. The molecule has 4 rings (SSSR count). The van der Waals surface area contributed by atoms with Crippen molar-refractivity contribution < 1.29 is 34.8 Å². The van der Waals surface area contributed by atoms with E-state index in [4.69, 9.17) is 14.1 Å². The number of nitrogens with one attached hydrogen (secondary N) is 1. The highest BCUT2D eigenvalue weighted by molar-refractivity contribution is 7.87. The number of hydrogen-bond acceptors (Lipinski definition) is 9. The molecule has 2 aromatic rings. The third-order valence-corrected chi connectivity index (χ3v) is 9.11. The minimum absolute atomic E-state index is 0.00529. The van der Waals surface area contributed by atoms with E-state index in [-0.39, 0.29) is 45.2 Å². The van der Waals surface area contributed by atoms with Crippen LogP contribution < -0.4 is 11.1 Å². The van der Waals surface area contributed by atoms with E-state index in [1.807, 2.05) is 13.8 Å². The van der Waals surface area contributed by atoms with Crippen LogP contribution in [0.2, 0.25) is 0 Å². The van der Waals surface area contributed by atoms with Gasteiger partial charge in [-0.25, -0.2) is 0 Å². The average molecular weight is 631 g/mol. The number of nitrogens with two attached hydrogens (primary N) is 1. The molecule has 2 aliphatic carbocycles. The van der Waals surface area contributed by atoms with Crippen LogP contribution in [0.15, 0.2) is 58.3 Å². The number of rotatable bonds is 7. The Bertz CT molecular complexity index is 1360. The molecular formula is C28H39ClN2O8S2. The number of hydrogen-bond donors (Lipinski definition) is 2. The lowest BCUT2D eigenvalue weighted by Gasteiger charge is -2.13. The fourth-order valence-electron chi connectivity index (χ4n) is 4.39. The van der Waals surface area contributed by atoms with Crippen molar-refractivity contribution in [1.29, 1.82) is 0 Å². The van der Waals surface area contributed by atoms with E-state index in [9.17, 15) is 26.4 Å². The van der Waals surface area contributed by atoms with E-state index in [1.54, 1.807) is 48.5 Å². The Morgan fingerprint density at radius 3 is 1.51 bits per heavy atom. The summed E-state index contributed by atoms with van der Waals surface area (Å²) in [4.78, 5) is 20.6. The van der Waals surface area contributed by atoms with Gasteiger partial charge in [0, 0.05) is 25.9 Å². The molecule has 0 aromatic heterocycles. The molecule has 2 aliphatic rings. The molecule has 0 spiro atoms. The third kappa shape index (κ3) is 12.6. The van der Waals surface area contributed by atoms with Crippen LogP contribution in [0.3, 0.4) is 0 Å². The van der Waals surface area contributed by atoms with Gasteiger partial charge in [-0.1, -0.05) is 35.4 Å². The van der Waals surface area contributed by atoms with Crippen LogP contribution in [0, 0.1) is 13.8 Å².